The third-order valence-corrected chi connectivity index (χ3v) is 4.75. The van der Waals surface area contributed by atoms with E-state index in [2.05, 4.69) is 4.72 Å². The van der Waals surface area contributed by atoms with Gasteiger partial charge in [0.1, 0.15) is 5.82 Å². The molecule has 0 spiro atoms. The van der Waals surface area contributed by atoms with Gasteiger partial charge in [0, 0.05) is 22.8 Å². The molecule has 3 N–H and O–H groups in total. The number of nitrogen functional groups attached to an aromatic ring is 1. The third kappa shape index (κ3) is 3.93. The summed E-state index contributed by atoms with van der Waals surface area (Å²) in [5.41, 5.74) is 6.28. The SMILES string of the molecule is Nc1ccc(S(=O)(=O)NCCc2c(F)cccc2Cl)cc1. The Kier molecular flexibility index (Phi) is 4.82. The van der Waals surface area contributed by atoms with Crippen molar-refractivity contribution in [3.8, 4) is 0 Å². The van der Waals surface area contributed by atoms with Crippen molar-refractivity contribution >= 4 is 27.3 Å². The van der Waals surface area contributed by atoms with Crippen molar-refractivity contribution < 1.29 is 12.8 Å². The van der Waals surface area contributed by atoms with Crippen molar-refractivity contribution in [1.82, 2.24) is 4.72 Å². The molecule has 0 unspecified atom stereocenters. The van der Waals surface area contributed by atoms with Crippen molar-refractivity contribution in [2.45, 2.75) is 11.3 Å². The van der Waals surface area contributed by atoms with E-state index in [0.717, 1.165) is 0 Å². The molecule has 0 aliphatic rings. The fourth-order valence-corrected chi connectivity index (χ4v) is 3.10. The third-order valence-electron chi connectivity index (χ3n) is 2.92. The van der Waals surface area contributed by atoms with Crippen LogP contribution in [0.4, 0.5) is 10.1 Å². The Morgan fingerprint density at radius 1 is 1.14 bits per heavy atom. The Morgan fingerprint density at radius 3 is 2.43 bits per heavy atom. The van der Waals surface area contributed by atoms with Gasteiger partial charge in [0.15, 0.2) is 0 Å². The summed E-state index contributed by atoms with van der Waals surface area (Å²) in [5.74, 6) is -0.450. The van der Waals surface area contributed by atoms with Crippen LogP contribution in [0.15, 0.2) is 47.4 Å². The summed E-state index contributed by atoms with van der Waals surface area (Å²) in [7, 11) is -3.64. The van der Waals surface area contributed by atoms with E-state index in [1.54, 1.807) is 6.07 Å². The van der Waals surface area contributed by atoms with Gasteiger partial charge in [-0.05, 0) is 42.8 Å². The summed E-state index contributed by atoms with van der Waals surface area (Å²) >= 11 is 5.88. The lowest BCUT2D eigenvalue weighted by Gasteiger charge is -2.08. The fraction of sp³-hybridized carbons (Fsp3) is 0.143. The maximum atomic E-state index is 13.6. The Balaban J connectivity index is 2.04. The molecule has 2 aromatic carbocycles. The number of sulfonamides is 1. The fourth-order valence-electron chi connectivity index (χ4n) is 1.81. The van der Waals surface area contributed by atoms with Crippen molar-refractivity contribution in [3.63, 3.8) is 0 Å². The van der Waals surface area contributed by atoms with Crippen molar-refractivity contribution in [2.75, 3.05) is 12.3 Å². The normalized spacial score (nSPS) is 11.5. The van der Waals surface area contributed by atoms with E-state index in [1.807, 2.05) is 0 Å². The van der Waals surface area contributed by atoms with Crippen LogP contribution in [-0.2, 0) is 16.4 Å². The highest BCUT2D eigenvalue weighted by molar-refractivity contribution is 7.89. The monoisotopic (exact) mass is 328 g/mol. The van der Waals surface area contributed by atoms with Gasteiger partial charge in [0.2, 0.25) is 10.0 Å². The first-order valence-corrected chi connectivity index (χ1v) is 8.04. The minimum Gasteiger partial charge on any atom is -0.399 e. The van der Waals surface area contributed by atoms with E-state index in [-0.39, 0.29) is 22.9 Å². The van der Waals surface area contributed by atoms with Crippen LogP contribution in [0.3, 0.4) is 0 Å². The largest absolute Gasteiger partial charge is 0.399 e. The van der Waals surface area contributed by atoms with Crippen LogP contribution in [0.1, 0.15) is 5.56 Å². The van der Waals surface area contributed by atoms with Crippen LogP contribution in [0.25, 0.3) is 0 Å². The lowest BCUT2D eigenvalue weighted by Crippen LogP contribution is -2.26. The molecule has 0 bridgehead atoms. The van der Waals surface area contributed by atoms with E-state index in [0.29, 0.717) is 11.3 Å². The summed E-state index contributed by atoms with van der Waals surface area (Å²) < 4.78 is 40.0. The molecule has 0 heterocycles. The van der Waals surface area contributed by atoms with Gasteiger partial charge in [-0.2, -0.15) is 0 Å². The van der Waals surface area contributed by atoms with Crippen LogP contribution in [0, 0.1) is 5.82 Å². The molecule has 2 aromatic rings. The molecule has 0 aliphatic carbocycles. The average Bonchev–Trinajstić information content (AvgIpc) is 2.42. The molecule has 0 aromatic heterocycles. The smallest absolute Gasteiger partial charge is 0.240 e. The lowest BCUT2D eigenvalue weighted by atomic mass is 10.1. The number of rotatable bonds is 5. The number of halogens is 2. The number of benzene rings is 2. The van der Waals surface area contributed by atoms with Crippen molar-refractivity contribution in [3.05, 3.63) is 58.9 Å². The van der Waals surface area contributed by atoms with Crippen LogP contribution in [0.5, 0.6) is 0 Å². The number of hydrogen-bond acceptors (Lipinski definition) is 3. The molecule has 7 heteroatoms. The van der Waals surface area contributed by atoms with Crippen LogP contribution >= 0.6 is 11.6 Å². The zero-order valence-corrected chi connectivity index (χ0v) is 12.6. The zero-order valence-electron chi connectivity index (χ0n) is 11.0. The van der Waals surface area contributed by atoms with Crippen molar-refractivity contribution in [1.29, 1.82) is 0 Å². The first-order chi connectivity index (χ1) is 9.90. The molecule has 0 amide bonds. The second-order valence-electron chi connectivity index (χ2n) is 4.42. The summed E-state index contributed by atoms with van der Waals surface area (Å²) in [6, 6.07) is 10.2. The Morgan fingerprint density at radius 2 is 1.81 bits per heavy atom. The second kappa shape index (κ2) is 6.43. The first-order valence-electron chi connectivity index (χ1n) is 6.18. The zero-order chi connectivity index (χ0) is 15.5. The molecule has 0 fully saturated rings. The predicted molar refractivity (Wildman–Crippen MR) is 81.2 cm³/mol. The molecule has 0 radical (unpaired) electrons. The highest BCUT2D eigenvalue weighted by atomic mass is 35.5. The van der Waals surface area contributed by atoms with Gasteiger partial charge in [0.25, 0.3) is 0 Å². The van der Waals surface area contributed by atoms with E-state index < -0.39 is 15.8 Å². The molecule has 112 valence electrons. The van der Waals surface area contributed by atoms with E-state index in [9.17, 15) is 12.8 Å². The van der Waals surface area contributed by atoms with E-state index in [4.69, 9.17) is 17.3 Å². The lowest BCUT2D eigenvalue weighted by molar-refractivity contribution is 0.577. The van der Waals surface area contributed by atoms with Crippen LogP contribution in [0.2, 0.25) is 5.02 Å². The van der Waals surface area contributed by atoms with Gasteiger partial charge < -0.3 is 5.73 Å². The standard InChI is InChI=1S/C14H14ClFN2O2S/c15-13-2-1-3-14(16)12(13)8-9-18-21(19,20)11-6-4-10(17)5-7-11/h1-7,18H,8-9,17H2. The molecular formula is C14H14ClFN2O2S. The van der Waals surface area contributed by atoms with Crippen LogP contribution < -0.4 is 10.5 Å². The van der Waals surface area contributed by atoms with Gasteiger partial charge in [-0.3, -0.25) is 0 Å². The Hall–Kier alpha value is -1.63. The van der Waals surface area contributed by atoms with Gasteiger partial charge in [0.05, 0.1) is 4.90 Å². The topological polar surface area (TPSA) is 72.2 Å². The minimum atomic E-state index is -3.64. The van der Waals surface area contributed by atoms with Gasteiger partial charge in [-0.25, -0.2) is 17.5 Å². The maximum Gasteiger partial charge on any atom is 0.240 e. The molecule has 4 nitrogen and oxygen atoms in total. The molecular weight excluding hydrogens is 315 g/mol. The molecule has 0 atom stereocenters. The maximum absolute atomic E-state index is 13.6. The number of hydrogen-bond donors (Lipinski definition) is 2. The molecule has 2 rings (SSSR count). The van der Waals surface area contributed by atoms with E-state index in [1.165, 1.54) is 36.4 Å². The molecule has 0 aliphatic heterocycles. The summed E-state index contributed by atoms with van der Waals surface area (Å²) in [4.78, 5) is 0.108. The van der Waals surface area contributed by atoms with E-state index >= 15 is 0 Å². The van der Waals surface area contributed by atoms with Gasteiger partial charge in [-0.15, -0.1) is 0 Å². The number of nitrogens with two attached hydrogens (primary N) is 1. The Bertz CT molecular complexity index is 713. The highest BCUT2D eigenvalue weighted by Gasteiger charge is 2.14. The second-order valence-corrected chi connectivity index (χ2v) is 6.59. The first kappa shape index (κ1) is 15.8. The van der Waals surface area contributed by atoms with Gasteiger partial charge in [-0.1, -0.05) is 17.7 Å². The highest BCUT2D eigenvalue weighted by Crippen LogP contribution is 2.19. The number of anilines is 1. The average molecular weight is 329 g/mol. The molecule has 21 heavy (non-hydrogen) atoms. The van der Waals surface area contributed by atoms with Crippen molar-refractivity contribution in [2.24, 2.45) is 0 Å². The summed E-state index contributed by atoms with van der Waals surface area (Å²) in [5, 5.41) is 0.279. The molecule has 0 saturated heterocycles. The number of nitrogens with one attached hydrogen (secondary N) is 1. The predicted octanol–water partition coefficient (Wildman–Crippen LogP) is 2.58. The Labute approximate surface area is 127 Å². The van der Waals surface area contributed by atoms with Crippen LogP contribution in [-0.4, -0.2) is 15.0 Å². The van der Waals surface area contributed by atoms with Gasteiger partial charge >= 0.3 is 0 Å². The minimum absolute atomic E-state index is 0.0490. The summed E-state index contributed by atoms with van der Waals surface area (Å²) in [6.07, 6.45) is 0.166. The molecule has 0 saturated carbocycles. The quantitative estimate of drug-likeness (QED) is 0.829. The summed E-state index contributed by atoms with van der Waals surface area (Å²) in [6.45, 7) is 0.0490.